The van der Waals surface area contributed by atoms with Gasteiger partial charge in [-0.15, -0.1) is 0 Å². The Bertz CT molecular complexity index is 1540. The van der Waals surface area contributed by atoms with E-state index >= 15 is 0 Å². The van der Waals surface area contributed by atoms with Crippen LogP contribution < -0.4 is 22.1 Å². The molecule has 0 aliphatic carbocycles. The molecule has 3 aromatic heterocycles. The Labute approximate surface area is 207 Å². The zero-order valence-corrected chi connectivity index (χ0v) is 19.9. The van der Waals surface area contributed by atoms with Gasteiger partial charge in [0.15, 0.2) is 17.0 Å². The van der Waals surface area contributed by atoms with E-state index in [2.05, 4.69) is 25.7 Å². The summed E-state index contributed by atoms with van der Waals surface area (Å²) in [6, 6.07) is 18.7. The van der Waals surface area contributed by atoms with Crippen LogP contribution in [-0.4, -0.2) is 35.2 Å². The van der Waals surface area contributed by atoms with Crippen molar-refractivity contribution < 1.29 is 4.79 Å². The second-order valence-corrected chi connectivity index (χ2v) is 8.27. The molecule has 0 aliphatic heterocycles. The normalized spacial score (nSPS) is 11.1. The minimum atomic E-state index is -0.244. The van der Waals surface area contributed by atoms with Crippen molar-refractivity contribution in [3.63, 3.8) is 0 Å². The number of benzene rings is 2. The average molecular weight is 483 g/mol. The Balaban J connectivity index is 1.58. The number of nitrogens with one attached hydrogen (secondary N) is 2. The number of nitrogens with zero attached hydrogens (tertiary/aromatic N) is 6. The molecule has 0 spiro atoms. The van der Waals surface area contributed by atoms with Crippen molar-refractivity contribution >= 4 is 46.0 Å². The lowest BCUT2D eigenvalue weighted by Gasteiger charge is -2.11. The number of aromatic nitrogens is 6. The van der Waals surface area contributed by atoms with Gasteiger partial charge in [0.2, 0.25) is 11.9 Å². The van der Waals surface area contributed by atoms with E-state index in [4.69, 9.17) is 16.5 Å². The van der Waals surface area contributed by atoms with Crippen molar-refractivity contribution in [3.05, 3.63) is 66.4 Å². The largest absolute Gasteiger partial charge is 0.399 e. The lowest BCUT2D eigenvalue weighted by Crippen LogP contribution is -2.21. The molecule has 0 fully saturated rings. The van der Waals surface area contributed by atoms with E-state index in [0.717, 1.165) is 16.9 Å². The molecule has 5 rings (SSSR count). The van der Waals surface area contributed by atoms with Crippen LogP contribution in [0.1, 0.15) is 12.6 Å². The fraction of sp³-hybridized carbons (Fsp3) is 0.160. The molecule has 1 amide bonds. The van der Waals surface area contributed by atoms with Crippen LogP contribution in [0.4, 0.5) is 29.0 Å². The maximum Gasteiger partial charge on any atom is 0.245 e. The lowest BCUT2D eigenvalue weighted by molar-refractivity contribution is -0.116. The number of amides is 1. The molecule has 0 saturated heterocycles. The number of carbonyl (C=O) groups excluding carboxylic acids is 1. The van der Waals surface area contributed by atoms with Crippen LogP contribution in [0.3, 0.4) is 0 Å². The molecule has 11 nitrogen and oxygen atoms in total. The molecule has 0 bridgehead atoms. The third-order valence-electron chi connectivity index (χ3n) is 5.59. The van der Waals surface area contributed by atoms with Crippen molar-refractivity contribution in [2.24, 2.45) is 0 Å². The Kier molecular flexibility index (Phi) is 5.95. The van der Waals surface area contributed by atoms with Gasteiger partial charge >= 0.3 is 0 Å². The Morgan fingerprint density at radius 1 is 1.00 bits per heavy atom. The summed E-state index contributed by atoms with van der Waals surface area (Å²) in [6.45, 7) is 4.45. The number of carbonyl (C=O) groups is 1. The van der Waals surface area contributed by atoms with Crippen molar-refractivity contribution in [1.82, 2.24) is 29.3 Å². The first-order valence-electron chi connectivity index (χ1n) is 11.5. The van der Waals surface area contributed by atoms with Crippen LogP contribution in [-0.2, 0) is 17.9 Å². The number of aryl methyl sites for hydroxylation is 2. The zero-order valence-electron chi connectivity index (χ0n) is 19.9. The van der Waals surface area contributed by atoms with Crippen LogP contribution in [0.25, 0.3) is 22.6 Å². The molecule has 6 N–H and O–H groups in total. The first-order chi connectivity index (χ1) is 17.4. The minimum absolute atomic E-state index is 0.0353. The summed E-state index contributed by atoms with van der Waals surface area (Å²) in [4.78, 5) is 26.8. The maximum atomic E-state index is 13.2. The molecule has 182 valence electrons. The smallest absolute Gasteiger partial charge is 0.245 e. The van der Waals surface area contributed by atoms with Gasteiger partial charge in [-0.2, -0.15) is 15.1 Å². The van der Waals surface area contributed by atoms with Crippen molar-refractivity contribution in [2.45, 2.75) is 26.9 Å². The highest BCUT2D eigenvalue weighted by Gasteiger charge is 2.21. The second-order valence-electron chi connectivity index (χ2n) is 8.27. The summed E-state index contributed by atoms with van der Waals surface area (Å²) in [5, 5.41) is 10.6. The summed E-state index contributed by atoms with van der Waals surface area (Å²) in [7, 11) is 0. The highest BCUT2D eigenvalue weighted by atomic mass is 16.2. The van der Waals surface area contributed by atoms with Gasteiger partial charge < -0.3 is 22.1 Å². The first kappa shape index (κ1) is 22.8. The van der Waals surface area contributed by atoms with E-state index in [-0.39, 0.29) is 18.4 Å². The monoisotopic (exact) mass is 482 g/mol. The third-order valence-corrected chi connectivity index (χ3v) is 5.59. The molecule has 0 unspecified atom stereocenters. The van der Waals surface area contributed by atoms with Gasteiger partial charge in [0.1, 0.15) is 18.2 Å². The number of nitrogens with two attached hydrogens (primary N) is 2. The number of imidazole rings is 1. The summed E-state index contributed by atoms with van der Waals surface area (Å²) in [5.74, 6) is 1.44. The minimum Gasteiger partial charge on any atom is -0.399 e. The van der Waals surface area contributed by atoms with Gasteiger partial charge in [-0.05, 0) is 38.1 Å². The molecule has 2 aromatic carbocycles. The summed E-state index contributed by atoms with van der Waals surface area (Å²) in [5.41, 5.74) is 15.9. The van der Waals surface area contributed by atoms with E-state index in [1.54, 1.807) is 21.4 Å². The highest BCUT2D eigenvalue weighted by Crippen LogP contribution is 2.30. The quantitative estimate of drug-likeness (QED) is 0.257. The van der Waals surface area contributed by atoms with E-state index in [9.17, 15) is 4.79 Å². The summed E-state index contributed by atoms with van der Waals surface area (Å²) < 4.78 is 3.48. The van der Waals surface area contributed by atoms with Gasteiger partial charge in [-0.1, -0.05) is 30.3 Å². The third kappa shape index (κ3) is 4.53. The number of nitrogen functional groups attached to an aromatic ring is 2. The molecule has 0 radical (unpaired) electrons. The van der Waals surface area contributed by atoms with Crippen LogP contribution >= 0.6 is 0 Å². The fourth-order valence-electron chi connectivity index (χ4n) is 3.98. The van der Waals surface area contributed by atoms with Crippen LogP contribution in [0.15, 0.2) is 60.7 Å². The second kappa shape index (κ2) is 9.37. The standard InChI is InChI=1S/C25H26N10O/c1-3-35-19(13-15(2)33-35)29-20(36)14-34-23(16-7-5-4-6-8-16)30-21-22(31-25(27)32-24(21)34)28-18-11-9-17(26)10-12-18/h4-13H,3,14,26H2,1-2H3,(H,29,36)(H3,27,28,31,32). The molecular weight excluding hydrogens is 456 g/mol. The number of fused-ring (bicyclic) bond motifs is 1. The predicted molar refractivity (Wildman–Crippen MR) is 141 cm³/mol. The van der Waals surface area contributed by atoms with Crippen LogP contribution in [0.2, 0.25) is 0 Å². The van der Waals surface area contributed by atoms with E-state index in [1.807, 2.05) is 62.4 Å². The number of hydrogen-bond acceptors (Lipinski definition) is 8. The molecule has 36 heavy (non-hydrogen) atoms. The average Bonchev–Trinajstić information content (AvgIpc) is 3.40. The molecular formula is C25H26N10O. The lowest BCUT2D eigenvalue weighted by atomic mass is 10.2. The Morgan fingerprint density at radius 2 is 1.75 bits per heavy atom. The van der Waals surface area contributed by atoms with Gasteiger partial charge in [0.25, 0.3) is 0 Å². The molecule has 11 heteroatoms. The molecule has 0 atom stereocenters. The fourth-order valence-corrected chi connectivity index (χ4v) is 3.98. The molecule has 5 aromatic rings. The number of rotatable bonds is 7. The van der Waals surface area contributed by atoms with Gasteiger partial charge in [0, 0.05) is 29.5 Å². The highest BCUT2D eigenvalue weighted by molar-refractivity contribution is 5.94. The van der Waals surface area contributed by atoms with E-state index < -0.39 is 0 Å². The maximum absolute atomic E-state index is 13.2. The van der Waals surface area contributed by atoms with E-state index in [0.29, 0.717) is 40.9 Å². The van der Waals surface area contributed by atoms with Gasteiger partial charge in [-0.3, -0.25) is 9.36 Å². The van der Waals surface area contributed by atoms with Gasteiger partial charge in [0.05, 0.1) is 5.69 Å². The van der Waals surface area contributed by atoms with Crippen molar-refractivity contribution in [1.29, 1.82) is 0 Å². The summed E-state index contributed by atoms with van der Waals surface area (Å²) in [6.07, 6.45) is 0. The predicted octanol–water partition coefficient (Wildman–Crippen LogP) is 3.56. The van der Waals surface area contributed by atoms with Crippen LogP contribution in [0, 0.1) is 6.92 Å². The topological polar surface area (TPSA) is 155 Å². The van der Waals surface area contributed by atoms with Crippen LogP contribution in [0.5, 0.6) is 0 Å². The Morgan fingerprint density at radius 3 is 2.47 bits per heavy atom. The van der Waals surface area contributed by atoms with Crippen molar-refractivity contribution in [3.8, 4) is 11.4 Å². The number of anilines is 5. The number of hydrogen-bond donors (Lipinski definition) is 4. The van der Waals surface area contributed by atoms with Gasteiger partial charge in [-0.25, -0.2) is 9.67 Å². The van der Waals surface area contributed by atoms with E-state index in [1.165, 1.54) is 0 Å². The molecule has 3 heterocycles. The molecule has 0 aliphatic rings. The Hall–Kier alpha value is -4.93. The first-order valence-corrected chi connectivity index (χ1v) is 11.5. The van der Waals surface area contributed by atoms with Crippen molar-refractivity contribution in [2.75, 3.05) is 22.1 Å². The zero-order chi connectivity index (χ0) is 25.2. The molecule has 0 saturated carbocycles. The summed E-state index contributed by atoms with van der Waals surface area (Å²) >= 11 is 0. The SMILES string of the molecule is CCn1nc(C)cc1NC(=O)Cn1c(-c2ccccc2)nc2c(Nc3ccc(N)cc3)nc(N)nc21.